The van der Waals surface area contributed by atoms with Crippen LogP contribution in [-0.2, 0) is 0 Å². The normalized spacial score (nSPS) is 12.1. The van der Waals surface area contributed by atoms with E-state index in [1.165, 1.54) is 50.2 Å². The number of hydrogen-bond donors (Lipinski definition) is 0. The maximum absolute atomic E-state index is 7.19. The second-order valence-corrected chi connectivity index (χ2v) is 22.3. The van der Waals surface area contributed by atoms with E-state index < -0.39 is 0 Å². The van der Waals surface area contributed by atoms with E-state index in [1.807, 2.05) is 31.2 Å². The van der Waals surface area contributed by atoms with Gasteiger partial charge < -0.3 is 9.15 Å². The van der Waals surface area contributed by atoms with Crippen LogP contribution in [0.5, 0.6) is 11.5 Å². The maximum atomic E-state index is 7.19. The summed E-state index contributed by atoms with van der Waals surface area (Å²) in [5, 5.41) is 0.815. The molecule has 388 valence electrons. The van der Waals surface area contributed by atoms with Crippen molar-refractivity contribution in [3.05, 3.63) is 216 Å². The summed E-state index contributed by atoms with van der Waals surface area (Å²) in [6, 6.07) is 66.3. The molecule has 13 aromatic rings. The summed E-state index contributed by atoms with van der Waals surface area (Å²) >= 11 is 0. The Balaban J connectivity index is 1.02. The van der Waals surface area contributed by atoms with Crippen molar-refractivity contribution in [1.82, 2.24) is 29.1 Å². The van der Waals surface area contributed by atoms with Crippen LogP contribution in [0, 0.1) is 6.92 Å². The van der Waals surface area contributed by atoms with Gasteiger partial charge in [0.15, 0.2) is 5.58 Å². The van der Waals surface area contributed by atoms with E-state index in [-0.39, 0.29) is 23.7 Å². The van der Waals surface area contributed by atoms with Gasteiger partial charge in [0.05, 0.1) is 55.4 Å². The Labute approximate surface area is 461 Å². The number of furan rings is 1. The average Bonchev–Trinajstić information content (AvgIpc) is 4.33. The lowest BCUT2D eigenvalue weighted by Gasteiger charge is -2.24. The average molecular weight is 1030 g/mol. The molecule has 0 unspecified atom stereocenters. The van der Waals surface area contributed by atoms with E-state index in [4.69, 9.17) is 29.1 Å². The molecule has 0 radical (unpaired) electrons. The zero-order valence-corrected chi connectivity index (χ0v) is 46.2. The summed E-state index contributed by atoms with van der Waals surface area (Å²) in [5.74, 6) is 3.68. The van der Waals surface area contributed by atoms with Gasteiger partial charge in [0, 0.05) is 17.3 Å². The Morgan fingerprint density at radius 1 is 0.392 bits per heavy atom. The number of ether oxygens (including phenoxy) is 1. The number of imidazole rings is 2. The summed E-state index contributed by atoms with van der Waals surface area (Å²) in [6.45, 7) is 20.3. The first-order chi connectivity index (χ1) is 38.4. The first kappa shape index (κ1) is 49.4. The Bertz CT molecular complexity index is 4430. The summed E-state index contributed by atoms with van der Waals surface area (Å²) in [4.78, 5) is 21.1. The highest BCUT2D eigenvalue weighted by atomic mass is 16.5. The highest BCUT2D eigenvalue weighted by Gasteiger charge is 2.28. The minimum absolute atomic E-state index is 0.182. The van der Waals surface area contributed by atoms with E-state index >= 15 is 0 Å². The van der Waals surface area contributed by atoms with Crippen molar-refractivity contribution < 1.29 is 9.15 Å². The van der Waals surface area contributed by atoms with Crippen molar-refractivity contribution in [1.29, 1.82) is 0 Å². The summed E-state index contributed by atoms with van der Waals surface area (Å²) in [5.41, 5.74) is 22.1. The molecule has 5 heterocycles. The number of hydrogen-bond acceptors (Lipinski definition) is 6. The Hall–Kier alpha value is -9.14. The number of aromatic nitrogens is 6. The predicted octanol–water partition coefficient (Wildman–Crippen LogP) is 19.5. The molecule has 0 saturated heterocycles. The van der Waals surface area contributed by atoms with Gasteiger partial charge >= 0.3 is 0 Å². The molecule has 0 aliphatic rings. The van der Waals surface area contributed by atoms with E-state index in [2.05, 4.69) is 228 Å². The fraction of sp³-hybridized carbons (Fsp3) is 0.183. The maximum Gasteiger partial charge on any atom is 0.156 e. The second kappa shape index (κ2) is 19.7. The minimum atomic E-state index is 0.182. The van der Waals surface area contributed by atoms with Crippen LogP contribution in [0.4, 0.5) is 0 Å². The molecule has 13 rings (SSSR count). The third kappa shape index (κ3) is 8.72. The molecule has 0 atom stereocenters. The van der Waals surface area contributed by atoms with Gasteiger partial charge in [-0.2, -0.15) is 0 Å². The Morgan fingerprint density at radius 3 is 1.46 bits per heavy atom. The van der Waals surface area contributed by atoms with Crippen LogP contribution in [0.3, 0.4) is 0 Å². The SMILES string of the molecule is Cc1ccc2nc3c(cc2n1)oc1c(-c2nc4ccccc4n2-c2c(C(C)C)cc(-c4ccccc4)cc2C(C)C)cc(Oc2cccc(-c4nc5ccccc5n4-c4c(C(C)C)cc(-c5ccccc5)cc4C(C)C)c2)cc13. The molecule has 8 nitrogen and oxygen atoms in total. The number of aryl methyl sites for hydroxylation is 1. The van der Waals surface area contributed by atoms with Crippen molar-refractivity contribution in [3.8, 4) is 67.9 Å². The minimum Gasteiger partial charge on any atom is -0.457 e. The van der Waals surface area contributed by atoms with E-state index in [9.17, 15) is 0 Å². The lowest BCUT2D eigenvalue weighted by molar-refractivity contribution is 0.483. The Morgan fingerprint density at radius 2 is 0.899 bits per heavy atom. The number of rotatable bonds is 12. The molecule has 0 fully saturated rings. The van der Waals surface area contributed by atoms with Crippen molar-refractivity contribution in [2.45, 2.75) is 86.0 Å². The van der Waals surface area contributed by atoms with Gasteiger partial charge in [-0.15, -0.1) is 0 Å². The van der Waals surface area contributed by atoms with Crippen LogP contribution >= 0.6 is 0 Å². The number of para-hydroxylation sites is 4. The Kier molecular flexibility index (Phi) is 12.3. The van der Waals surface area contributed by atoms with Crippen molar-refractivity contribution >= 4 is 55.2 Å². The monoisotopic (exact) mass is 1030 g/mol. The number of pyridine rings is 2. The molecule has 8 heteroatoms. The number of benzene rings is 8. The first-order valence-electron chi connectivity index (χ1n) is 27.7. The highest BCUT2D eigenvalue weighted by Crippen LogP contribution is 2.46. The fourth-order valence-electron chi connectivity index (χ4n) is 11.6. The molecule has 0 spiro atoms. The third-order valence-electron chi connectivity index (χ3n) is 15.5. The van der Waals surface area contributed by atoms with Gasteiger partial charge in [0.25, 0.3) is 0 Å². The topological polar surface area (TPSA) is 83.8 Å². The van der Waals surface area contributed by atoms with Gasteiger partial charge in [0.2, 0.25) is 0 Å². The fourth-order valence-corrected chi connectivity index (χ4v) is 11.6. The zero-order chi connectivity index (χ0) is 54.2. The largest absolute Gasteiger partial charge is 0.457 e. The number of fused-ring (bicyclic) bond motifs is 6. The highest BCUT2D eigenvalue weighted by molar-refractivity contribution is 6.10. The molecule has 0 aliphatic carbocycles. The van der Waals surface area contributed by atoms with Gasteiger partial charge in [-0.05, 0) is 160 Å². The summed E-state index contributed by atoms with van der Waals surface area (Å²) in [6.07, 6.45) is 0. The molecule has 5 aromatic heterocycles. The summed E-state index contributed by atoms with van der Waals surface area (Å²) < 4.78 is 19.0. The molecule has 0 saturated carbocycles. The van der Waals surface area contributed by atoms with Gasteiger partial charge in [-0.25, -0.2) is 15.0 Å². The smallest absolute Gasteiger partial charge is 0.156 e. The van der Waals surface area contributed by atoms with E-state index in [1.54, 1.807) is 0 Å². The van der Waals surface area contributed by atoms with Gasteiger partial charge in [-0.1, -0.05) is 152 Å². The molecule has 0 amide bonds. The molecule has 79 heavy (non-hydrogen) atoms. The van der Waals surface area contributed by atoms with Crippen molar-refractivity contribution in [2.75, 3.05) is 0 Å². The zero-order valence-electron chi connectivity index (χ0n) is 46.2. The molecular formula is C71H62N6O2. The third-order valence-corrected chi connectivity index (χ3v) is 15.5. The van der Waals surface area contributed by atoms with Crippen LogP contribution in [0.15, 0.2) is 192 Å². The van der Waals surface area contributed by atoms with Crippen LogP contribution in [0.2, 0.25) is 0 Å². The molecule has 0 aliphatic heterocycles. The van der Waals surface area contributed by atoms with Crippen molar-refractivity contribution in [3.63, 3.8) is 0 Å². The second-order valence-electron chi connectivity index (χ2n) is 22.3. The molecular weight excluding hydrogens is 969 g/mol. The van der Waals surface area contributed by atoms with Crippen LogP contribution in [0.1, 0.15) is 107 Å². The van der Waals surface area contributed by atoms with Gasteiger partial charge in [-0.3, -0.25) is 14.1 Å². The van der Waals surface area contributed by atoms with Crippen LogP contribution in [0.25, 0.3) is 112 Å². The molecule has 0 bridgehead atoms. The van der Waals surface area contributed by atoms with E-state index in [0.717, 1.165) is 78.2 Å². The van der Waals surface area contributed by atoms with Crippen LogP contribution < -0.4 is 4.74 Å². The first-order valence-corrected chi connectivity index (χ1v) is 27.7. The molecule has 8 aromatic carbocycles. The standard InChI is InChI=1S/C71H62N6O2/c1-41(2)53-34-49(46-21-12-10-13-22-46)35-54(42(3)4)67(53)76-63-29-18-16-27-60(63)74-70(76)48-25-20-26-51(33-48)78-52-38-57-66-65(40-62-59(73-66)32-31-45(9)72-62)79-69(57)58(39-52)71-75-61-28-17-19-30-64(61)77(71)68-55(43(5)6)36-50(37-56(68)44(7)8)47-23-14-11-15-24-47/h10-44H,1-9H3. The quantitative estimate of drug-likeness (QED) is 0.121. The van der Waals surface area contributed by atoms with Crippen LogP contribution in [-0.4, -0.2) is 29.1 Å². The lowest BCUT2D eigenvalue weighted by atomic mass is 9.88. The lowest BCUT2D eigenvalue weighted by Crippen LogP contribution is -2.09. The number of nitrogens with zero attached hydrogens (tertiary/aromatic N) is 6. The predicted molar refractivity (Wildman–Crippen MR) is 325 cm³/mol. The van der Waals surface area contributed by atoms with Gasteiger partial charge in [0.1, 0.15) is 34.2 Å². The van der Waals surface area contributed by atoms with E-state index in [0.29, 0.717) is 22.7 Å². The molecule has 0 N–H and O–H groups in total. The summed E-state index contributed by atoms with van der Waals surface area (Å²) in [7, 11) is 0. The van der Waals surface area contributed by atoms with Crippen molar-refractivity contribution in [2.24, 2.45) is 0 Å².